The van der Waals surface area contributed by atoms with Crippen molar-refractivity contribution in [1.29, 1.82) is 0 Å². The summed E-state index contributed by atoms with van der Waals surface area (Å²) in [6.07, 6.45) is 5.21. The molecule has 3 rings (SSSR count). The minimum Gasteiger partial charge on any atom is -0.427 e. The third-order valence-corrected chi connectivity index (χ3v) is 4.82. The number of anilines is 1. The molecule has 1 heterocycles. The second-order valence-corrected chi connectivity index (χ2v) is 6.54. The molecule has 0 bridgehead atoms. The molecule has 2 aromatic carbocycles. The first-order valence-corrected chi connectivity index (χ1v) is 9.25. The second kappa shape index (κ2) is 7.24. The normalized spacial score (nSPS) is 13.8. The molecule has 1 aliphatic heterocycles. The fourth-order valence-electron chi connectivity index (χ4n) is 2.84. The summed E-state index contributed by atoms with van der Waals surface area (Å²) in [5.74, 6) is 0. The predicted molar refractivity (Wildman–Crippen MR) is 101 cm³/mol. The van der Waals surface area contributed by atoms with Gasteiger partial charge in [0.05, 0.1) is 5.71 Å². The molecule has 3 nitrogen and oxygen atoms in total. The van der Waals surface area contributed by atoms with Crippen LogP contribution in [0.3, 0.4) is 0 Å². The van der Waals surface area contributed by atoms with Crippen LogP contribution in [0.5, 0.6) is 0 Å². The van der Waals surface area contributed by atoms with Crippen molar-refractivity contribution in [3.05, 3.63) is 54.1 Å². The number of fused-ring (bicyclic) bond motifs is 1. The smallest absolute Gasteiger partial charge is 0.427 e. The second-order valence-electron chi connectivity index (χ2n) is 5.66. The Morgan fingerprint density at radius 3 is 2.78 bits per heavy atom. The summed E-state index contributed by atoms with van der Waals surface area (Å²) in [5, 5.41) is 15.6. The van der Waals surface area contributed by atoms with Crippen molar-refractivity contribution in [2.45, 2.75) is 31.1 Å². The van der Waals surface area contributed by atoms with Gasteiger partial charge in [-0.3, -0.25) is 4.92 Å². The highest BCUT2D eigenvalue weighted by Crippen LogP contribution is 2.25. The highest BCUT2D eigenvalue weighted by Gasteiger charge is 2.32. The maximum Gasteiger partial charge on any atom is 0.471 e. The molecule has 0 aromatic heterocycles. The van der Waals surface area contributed by atoms with Gasteiger partial charge in [0, 0.05) is 10.6 Å². The summed E-state index contributed by atoms with van der Waals surface area (Å²) in [7, 11) is -0.742. The van der Waals surface area contributed by atoms with Crippen molar-refractivity contribution in [1.82, 2.24) is 0 Å². The zero-order valence-electron chi connectivity index (χ0n) is 13.6. The topological polar surface area (TPSA) is 35.8 Å². The summed E-state index contributed by atoms with van der Waals surface area (Å²) >= 11 is 1.69. The first kappa shape index (κ1) is 16.2. The number of hydrogen-bond acceptors (Lipinski definition) is 4. The molecule has 0 unspecified atom stereocenters. The Balaban J connectivity index is 2.03. The van der Waals surface area contributed by atoms with Gasteiger partial charge < -0.3 is 5.02 Å². The molecule has 118 valence electrons. The van der Waals surface area contributed by atoms with Gasteiger partial charge in [0.25, 0.3) is 0 Å². The lowest BCUT2D eigenvalue weighted by Gasteiger charge is -2.30. The molecule has 0 fully saturated rings. The van der Waals surface area contributed by atoms with Crippen LogP contribution in [0.4, 0.5) is 5.69 Å². The van der Waals surface area contributed by atoms with E-state index in [1.54, 1.807) is 16.7 Å². The van der Waals surface area contributed by atoms with Crippen molar-refractivity contribution >= 4 is 35.7 Å². The lowest BCUT2D eigenvalue weighted by molar-refractivity contribution is 0.577. The predicted octanol–water partition coefficient (Wildman–Crippen LogP) is 3.51. The zero-order valence-corrected chi connectivity index (χ0v) is 14.4. The van der Waals surface area contributed by atoms with E-state index in [0.29, 0.717) is 0 Å². The number of thioether (sulfide) groups is 1. The molecule has 1 aliphatic rings. The fraction of sp³-hybridized carbons (Fsp3) is 0.278. The average molecular weight is 324 g/mol. The van der Waals surface area contributed by atoms with Crippen molar-refractivity contribution in [2.24, 2.45) is 5.10 Å². The molecule has 5 heteroatoms. The number of unbranched alkanes of at least 4 members (excludes halogenated alkanes) is 1. The SMILES string of the molecule is CCCCC1=NN(c2cccc(SC)c2)B(O)c2ccccc21. The third kappa shape index (κ3) is 3.31. The van der Waals surface area contributed by atoms with Crippen LogP contribution >= 0.6 is 11.8 Å². The first-order valence-electron chi connectivity index (χ1n) is 8.02. The Labute approximate surface area is 142 Å². The van der Waals surface area contributed by atoms with Crippen LogP contribution in [-0.4, -0.2) is 24.0 Å². The van der Waals surface area contributed by atoms with Gasteiger partial charge in [-0.2, -0.15) is 5.10 Å². The van der Waals surface area contributed by atoms with E-state index in [9.17, 15) is 5.02 Å². The summed E-state index contributed by atoms with van der Waals surface area (Å²) in [6, 6.07) is 16.2. The van der Waals surface area contributed by atoms with E-state index in [-0.39, 0.29) is 0 Å². The van der Waals surface area contributed by atoms with E-state index in [4.69, 9.17) is 5.10 Å². The monoisotopic (exact) mass is 324 g/mol. The quantitative estimate of drug-likeness (QED) is 0.675. The Bertz CT molecular complexity index is 720. The highest BCUT2D eigenvalue weighted by atomic mass is 32.2. The Morgan fingerprint density at radius 1 is 1.17 bits per heavy atom. The molecule has 2 aromatic rings. The molecule has 0 spiro atoms. The van der Waals surface area contributed by atoms with Gasteiger partial charge in [-0.1, -0.05) is 43.7 Å². The van der Waals surface area contributed by atoms with Gasteiger partial charge in [0.2, 0.25) is 0 Å². The van der Waals surface area contributed by atoms with Crippen LogP contribution in [0.2, 0.25) is 0 Å². The molecular formula is C18H21BN2OS. The van der Waals surface area contributed by atoms with Crippen LogP contribution in [0.1, 0.15) is 31.7 Å². The average Bonchev–Trinajstić information content (AvgIpc) is 2.61. The van der Waals surface area contributed by atoms with Crippen molar-refractivity contribution in [3.63, 3.8) is 0 Å². The molecule has 23 heavy (non-hydrogen) atoms. The number of hydrogen-bond donors (Lipinski definition) is 1. The molecule has 0 atom stereocenters. The molecule has 0 aliphatic carbocycles. The van der Waals surface area contributed by atoms with Crippen LogP contribution in [-0.2, 0) is 0 Å². The third-order valence-electron chi connectivity index (χ3n) is 4.09. The van der Waals surface area contributed by atoms with E-state index in [0.717, 1.165) is 41.7 Å². The van der Waals surface area contributed by atoms with Crippen LogP contribution in [0.15, 0.2) is 58.5 Å². The summed E-state index contributed by atoms with van der Waals surface area (Å²) in [4.78, 5) is 2.91. The maximum absolute atomic E-state index is 10.8. The number of benzene rings is 2. The van der Waals surface area contributed by atoms with E-state index < -0.39 is 7.05 Å². The highest BCUT2D eigenvalue weighted by molar-refractivity contribution is 7.98. The minimum absolute atomic E-state index is 0.742. The lowest BCUT2D eigenvalue weighted by Crippen LogP contribution is -2.51. The van der Waals surface area contributed by atoms with Gasteiger partial charge in [0.15, 0.2) is 0 Å². The van der Waals surface area contributed by atoms with Gasteiger partial charge in [0.1, 0.15) is 0 Å². The van der Waals surface area contributed by atoms with Crippen LogP contribution < -0.4 is 10.4 Å². The summed E-state index contributed by atoms with van der Waals surface area (Å²) in [6.45, 7) is 2.18. The van der Waals surface area contributed by atoms with E-state index in [1.165, 1.54) is 4.90 Å². The Kier molecular flexibility index (Phi) is 5.08. The Morgan fingerprint density at radius 2 is 2.00 bits per heavy atom. The summed E-state index contributed by atoms with van der Waals surface area (Å²) < 4.78 is 0. The lowest BCUT2D eigenvalue weighted by atomic mass is 9.68. The molecular weight excluding hydrogens is 303 g/mol. The van der Waals surface area contributed by atoms with Crippen LogP contribution in [0.25, 0.3) is 0 Å². The zero-order chi connectivity index (χ0) is 16.2. The minimum atomic E-state index is -0.742. The number of hydrazone groups is 1. The van der Waals surface area contributed by atoms with Crippen molar-refractivity contribution < 1.29 is 5.02 Å². The van der Waals surface area contributed by atoms with Crippen molar-refractivity contribution in [2.75, 3.05) is 11.2 Å². The first-order chi connectivity index (χ1) is 11.2. The molecule has 1 N–H and O–H groups in total. The maximum atomic E-state index is 10.8. The number of rotatable bonds is 5. The van der Waals surface area contributed by atoms with E-state index in [1.807, 2.05) is 30.3 Å². The van der Waals surface area contributed by atoms with Crippen molar-refractivity contribution in [3.8, 4) is 0 Å². The standard InChI is InChI=1S/C18H21BN2OS/c1-3-4-12-18-16-10-5-6-11-17(16)19(22)21(20-18)14-8-7-9-15(13-14)23-2/h5-11,13,22H,3-4,12H2,1-2H3. The van der Waals surface area contributed by atoms with Gasteiger partial charge in [-0.05, 0) is 48.3 Å². The largest absolute Gasteiger partial charge is 0.471 e. The molecule has 0 saturated heterocycles. The summed E-state index contributed by atoms with van der Waals surface area (Å²) in [5.41, 5.74) is 3.99. The van der Waals surface area contributed by atoms with E-state index in [2.05, 4.69) is 31.4 Å². The van der Waals surface area contributed by atoms with Gasteiger partial charge >= 0.3 is 7.05 Å². The van der Waals surface area contributed by atoms with Crippen LogP contribution in [0, 0.1) is 0 Å². The van der Waals surface area contributed by atoms with Gasteiger partial charge in [-0.25, -0.2) is 0 Å². The Hall–Kier alpha value is -1.72. The molecule has 0 saturated carbocycles. The molecule has 0 amide bonds. The number of nitrogens with zero attached hydrogens (tertiary/aromatic N) is 2. The van der Waals surface area contributed by atoms with Gasteiger partial charge in [-0.15, -0.1) is 11.8 Å². The van der Waals surface area contributed by atoms with E-state index >= 15 is 0 Å². The fourth-order valence-corrected chi connectivity index (χ4v) is 3.29. The molecule has 0 radical (unpaired) electrons.